The van der Waals surface area contributed by atoms with Crippen molar-refractivity contribution in [3.05, 3.63) is 22.3 Å². The van der Waals surface area contributed by atoms with Crippen LogP contribution in [0.2, 0.25) is 0 Å². The lowest BCUT2D eigenvalue weighted by molar-refractivity contribution is -0.139. The minimum Gasteiger partial charge on any atom is -0.481 e. The molecule has 4 atom stereocenters. The van der Waals surface area contributed by atoms with Crippen LogP contribution < -0.4 is 9.47 Å². The van der Waals surface area contributed by atoms with Crippen molar-refractivity contribution >= 4 is 46.5 Å². The highest BCUT2D eigenvalue weighted by Gasteiger charge is 2.27. The topological polar surface area (TPSA) is 147 Å². The Morgan fingerprint density at radius 3 is 1.56 bits per heavy atom. The lowest BCUT2D eigenvalue weighted by Gasteiger charge is -2.26. The molecule has 0 radical (unpaired) electrons. The minimum absolute atomic E-state index is 0.0515. The standard InChI is InChI=1S/C38H61IO9/c1-25(15-9-17-27(3)39)13-8-14-26(2)16-12-23-38(7,46)24-22-31-30(6)36(47-34(44)20-10-18-32(40)41)28(4)29(5)37(31)48-35(45)21-11-19-33(42)43/h25-27,46H,8-24H2,1-7H3,(H,40,41)(H,42,43). The summed E-state index contributed by atoms with van der Waals surface area (Å²) in [6.45, 7) is 14.1. The molecule has 0 fully saturated rings. The lowest BCUT2D eigenvalue weighted by Crippen LogP contribution is -2.25. The number of carbonyl (C=O) groups is 4. The third-order valence-corrected chi connectivity index (χ3v) is 9.93. The smallest absolute Gasteiger partial charge is 0.311 e. The van der Waals surface area contributed by atoms with Crippen molar-refractivity contribution in [2.75, 3.05) is 0 Å². The van der Waals surface area contributed by atoms with Gasteiger partial charge in [-0.2, -0.15) is 0 Å². The first-order chi connectivity index (χ1) is 22.4. The second-order valence-corrected chi connectivity index (χ2v) is 16.3. The van der Waals surface area contributed by atoms with Crippen LogP contribution in [0.3, 0.4) is 0 Å². The van der Waals surface area contributed by atoms with E-state index in [1.807, 2.05) is 6.92 Å². The number of halogens is 1. The molecule has 274 valence electrons. The Bertz CT molecular complexity index is 1190. The van der Waals surface area contributed by atoms with Crippen LogP contribution in [0.5, 0.6) is 11.5 Å². The molecule has 0 spiro atoms. The average molecular weight is 789 g/mol. The molecule has 0 aliphatic rings. The number of hydrogen-bond donors (Lipinski definition) is 3. The maximum Gasteiger partial charge on any atom is 0.311 e. The number of rotatable bonds is 25. The maximum atomic E-state index is 12.7. The minimum atomic E-state index is -0.987. The Balaban J connectivity index is 2.95. The summed E-state index contributed by atoms with van der Waals surface area (Å²) in [6.07, 6.45) is 10.8. The number of aliphatic carboxylic acids is 2. The second-order valence-electron chi connectivity index (χ2n) is 14.2. The zero-order valence-electron chi connectivity index (χ0n) is 30.4. The van der Waals surface area contributed by atoms with Gasteiger partial charge in [0, 0.05) is 35.2 Å². The van der Waals surface area contributed by atoms with Crippen molar-refractivity contribution in [3.63, 3.8) is 0 Å². The summed E-state index contributed by atoms with van der Waals surface area (Å²) < 4.78 is 12.3. The fourth-order valence-electron chi connectivity index (χ4n) is 6.05. The number of carboxylic acid groups (broad SMARTS) is 2. The third-order valence-electron chi connectivity index (χ3n) is 9.30. The third kappa shape index (κ3) is 18.0. The van der Waals surface area contributed by atoms with E-state index < -0.39 is 29.5 Å². The molecule has 1 aromatic rings. The van der Waals surface area contributed by atoms with E-state index in [1.165, 1.54) is 38.5 Å². The highest BCUT2D eigenvalue weighted by molar-refractivity contribution is 14.1. The van der Waals surface area contributed by atoms with Crippen LogP contribution in [-0.2, 0) is 25.6 Å². The second kappa shape index (κ2) is 22.5. The van der Waals surface area contributed by atoms with E-state index in [2.05, 4.69) is 43.4 Å². The van der Waals surface area contributed by atoms with Gasteiger partial charge < -0.3 is 24.8 Å². The predicted molar refractivity (Wildman–Crippen MR) is 197 cm³/mol. The van der Waals surface area contributed by atoms with Gasteiger partial charge in [-0.3, -0.25) is 19.2 Å². The highest BCUT2D eigenvalue weighted by Crippen LogP contribution is 2.40. The predicted octanol–water partition coefficient (Wildman–Crippen LogP) is 9.22. The number of hydrogen-bond acceptors (Lipinski definition) is 7. The first-order valence-corrected chi connectivity index (χ1v) is 19.0. The highest BCUT2D eigenvalue weighted by atomic mass is 127. The van der Waals surface area contributed by atoms with Gasteiger partial charge in [0.05, 0.1) is 5.60 Å². The summed E-state index contributed by atoms with van der Waals surface area (Å²) in [7, 11) is 0. The fourth-order valence-corrected chi connectivity index (χ4v) is 6.49. The van der Waals surface area contributed by atoms with Crippen molar-refractivity contribution < 1.29 is 44.0 Å². The van der Waals surface area contributed by atoms with Crippen LogP contribution >= 0.6 is 22.6 Å². The van der Waals surface area contributed by atoms with E-state index in [1.54, 1.807) is 20.8 Å². The summed E-state index contributed by atoms with van der Waals surface area (Å²) in [5.41, 5.74) is 1.51. The Kier molecular flexibility index (Phi) is 20.5. The van der Waals surface area contributed by atoms with Gasteiger partial charge in [-0.15, -0.1) is 0 Å². The van der Waals surface area contributed by atoms with E-state index in [0.29, 0.717) is 58.9 Å². The van der Waals surface area contributed by atoms with Crippen LogP contribution in [0.1, 0.15) is 153 Å². The molecule has 3 N–H and O–H groups in total. The van der Waals surface area contributed by atoms with Crippen molar-refractivity contribution in [1.29, 1.82) is 0 Å². The molecule has 1 rings (SSSR count). The molecule has 0 aromatic heterocycles. The first kappa shape index (κ1) is 43.8. The molecule has 4 unspecified atom stereocenters. The number of benzene rings is 1. The Labute approximate surface area is 302 Å². The Morgan fingerprint density at radius 2 is 1.08 bits per heavy atom. The molecule has 9 nitrogen and oxygen atoms in total. The zero-order valence-corrected chi connectivity index (χ0v) is 32.6. The van der Waals surface area contributed by atoms with Gasteiger partial charge in [-0.25, -0.2) is 0 Å². The molecule has 10 heteroatoms. The summed E-state index contributed by atoms with van der Waals surface area (Å²) >= 11 is 2.50. The quantitative estimate of drug-likeness (QED) is 0.0382. The van der Waals surface area contributed by atoms with Gasteiger partial charge >= 0.3 is 23.9 Å². The van der Waals surface area contributed by atoms with Crippen LogP contribution in [0, 0.1) is 32.6 Å². The molecule has 0 bridgehead atoms. The Morgan fingerprint density at radius 1 is 0.646 bits per heavy atom. The van der Waals surface area contributed by atoms with Gasteiger partial charge in [0.2, 0.25) is 0 Å². The van der Waals surface area contributed by atoms with E-state index in [9.17, 15) is 24.3 Å². The molecular formula is C38H61IO9. The normalized spacial score (nSPS) is 14.5. The largest absolute Gasteiger partial charge is 0.481 e. The van der Waals surface area contributed by atoms with Gasteiger partial charge in [0.15, 0.2) is 0 Å². The maximum absolute atomic E-state index is 12.7. The zero-order chi connectivity index (χ0) is 36.4. The molecule has 0 heterocycles. The number of carbonyl (C=O) groups excluding carboxylic acids is 2. The summed E-state index contributed by atoms with van der Waals surface area (Å²) in [5.74, 6) is -1.03. The van der Waals surface area contributed by atoms with E-state index in [0.717, 1.165) is 22.7 Å². The monoisotopic (exact) mass is 788 g/mol. The molecule has 0 aliphatic carbocycles. The van der Waals surface area contributed by atoms with Crippen LogP contribution in [0.4, 0.5) is 0 Å². The number of esters is 2. The summed E-state index contributed by atoms with van der Waals surface area (Å²) in [5, 5.41) is 29.2. The van der Waals surface area contributed by atoms with E-state index in [-0.39, 0.29) is 38.5 Å². The molecular weight excluding hydrogens is 727 g/mol. The first-order valence-electron chi connectivity index (χ1n) is 17.8. The molecule has 48 heavy (non-hydrogen) atoms. The molecule has 0 aliphatic heterocycles. The van der Waals surface area contributed by atoms with Gasteiger partial charge in [-0.1, -0.05) is 88.3 Å². The number of aliphatic hydroxyl groups is 1. The van der Waals surface area contributed by atoms with Crippen LogP contribution in [0.25, 0.3) is 0 Å². The van der Waals surface area contributed by atoms with Crippen LogP contribution in [-0.4, -0.2) is 48.7 Å². The Hall–Kier alpha value is -2.21. The molecule has 1 aromatic carbocycles. The van der Waals surface area contributed by atoms with Gasteiger partial charge in [-0.05, 0) is 94.7 Å². The fraction of sp³-hybridized carbons (Fsp3) is 0.737. The number of carboxylic acids is 2. The number of ether oxygens (including phenoxy) is 2. The van der Waals surface area contributed by atoms with Crippen molar-refractivity contribution in [3.8, 4) is 11.5 Å². The molecule has 0 amide bonds. The number of alkyl halides is 1. The SMILES string of the molecule is Cc1c(C)c(OC(=O)CCCC(=O)O)c(CCC(C)(O)CCCC(C)CCCC(C)CCCC(C)I)c(C)c1OC(=O)CCCC(=O)O. The van der Waals surface area contributed by atoms with E-state index in [4.69, 9.17) is 19.7 Å². The van der Waals surface area contributed by atoms with Crippen molar-refractivity contribution in [1.82, 2.24) is 0 Å². The lowest BCUT2D eigenvalue weighted by atomic mass is 9.86. The van der Waals surface area contributed by atoms with Crippen LogP contribution in [0.15, 0.2) is 0 Å². The van der Waals surface area contributed by atoms with Gasteiger partial charge in [0.1, 0.15) is 11.5 Å². The van der Waals surface area contributed by atoms with E-state index >= 15 is 0 Å². The van der Waals surface area contributed by atoms with Gasteiger partial charge in [0.25, 0.3) is 0 Å². The van der Waals surface area contributed by atoms with Crippen molar-refractivity contribution in [2.45, 2.75) is 167 Å². The molecule has 0 saturated heterocycles. The average Bonchev–Trinajstić information content (AvgIpc) is 2.97. The summed E-state index contributed by atoms with van der Waals surface area (Å²) in [6, 6.07) is 0. The van der Waals surface area contributed by atoms with Crippen molar-refractivity contribution in [2.24, 2.45) is 11.8 Å². The summed E-state index contributed by atoms with van der Waals surface area (Å²) in [4.78, 5) is 47.2. The molecule has 0 saturated carbocycles.